The van der Waals surface area contributed by atoms with Gasteiger partial charge in [0.1, 0.15) is 0 Å². The molecule has 32 heavy (non-hydrogen) atoms. The molecule has 0 atom stereocenters. The predicted octanol–water partition coefficient (Wildman–Crippen LogP) is 4.24. The number of rotatable bonds is 8. The Morgan fingerprint density at radius 1 is 1.03 bits per heavy atom. The molecule has 1 N–H and O–H groups in total. The predicted molar refractivity (Wildman–Crippen MR) is 128 cm³/mol. The van der Waals surface area contributed by atoms with Gasteiger partial charge in [-0.15, -0.1) is 11.3 Å². The summed E-state index contributed by atoms with van der Waals surface area (Å²) < 4.78 is 16.2. The summed E-state index contributed by atoms with van der Waals surface area (Å²) in [4.78, 5) is 16.0. The molecule has 6 nitrogen and oxygen atoms in total. The molecular formula is C25H28N2O4S. The number of thiophene rings is 1. The van der Waals surface area contributed by atoms with Crippen molar-refractivity contribution in [2.75, 3.05) is 52.0 Å². The molecule has 3 aromatic rings. The number of nitrogens with zero attached hydrogens (tertiary/aromatic N) is 1. The number of morpholine rings is 1. The molecule has 1 aliphatic heterocycles. The van der Waals surface area contributed by atoms with Gasteiger partial charge >= 0.3 is 0 Å². The molecule has 1 saturated heterocycles. The minimum Gasteiger partial charge on any atom is -0.493 e. The second-order valence-electron chi connectivity index (χ2n) is 7.49. The fraction of sp³-hybridized carbons (Fsp3) is 0.320. The lowest BCUT2D eigenvalue weighted by molar-refractivity contribution is 0.0958. The van der Waals surface area contributed by atoms with E-state index in [9.17, 15) is 4.79 Å². The van der Waals surface area contributed by atoms with Gasteiger partial charge in [0.15, 0.2) is 11.5 Å². The van der Waals surface area contributed by atoms with E-state index in [2.05, 4.69) is 22.3 Å². The number of carbonyl (C=O) groups is 1. The molecule has 0 radical (unpaired) electrons. The highest BCUT2D eigenvalue weighted by molar-refractivity contribution is 7.18. The number of methoxy groups -OCH3 is 2. The van der Waals surface area contributed by atoms with Gasteiger partial charge in [0.2, 0.25) is 0 Å². The summed E-state index contributed by atoms with van der Waals surface area (Å²) in [5, 5.41) is 4.19. The molecule has 0 aliphatic carbocycles. The maximum absolute atomic E-state index is 12.9. The first-order chi connectivity index (χ1) is 15.7. The number of amides is 1. The van der Waals surface area contributed by atoms with Crippen LogP contribution in [0.3, 0.4) is 0 Å². The third-order valence-corrected chi connectivity index (χ3v) is 6.66. The van der Waals surface area contributed by atoms with Gasteiger partial charge in [0, 0.05) is 25.2 Å². The van der Waals surface area contributed by atoms with Crippen molar-refractivity contribution in [2.24, 2.45) is 0 Å². The van der Waals surface area contributed by atoms with Crippen LogP contribution in [0.4, 0.5) is 5.00 Å². The van der Waals surface area contributed by atoms with Crippen LogP contribution in [0.5, 0.6) is 11.5 Å². The van der Waals surface area contributed by atoms with Gasteiger partial charge in [-0.2, -0.15) is 0 Å². The number of ether oxygens (including phenoxy) is 3. The SMILES string of the molecule is COc1ccc(CCNC(=O)c2cc(-c3ccccc3)c(N3CCOCC3)s2)cc1OC. The highest BCUT2D eigenvalue weighted by Crippen LogP contribution is 2.39. The van der Waals surface area contributed by atoms with E-state index in [4.69, 9.17) is 14.2 Å². The number of hydrogen-bond acceptors (Lipinski definition) is 6. The fourth-order valence-corrected chi connectivity index (χ4v) is 4.91. The zero-order valence-corrected chi connectivity index (χ0v) is 19.2. The molecule has 0 spiro atoms. The molecule has 2 heterocycles. The Kier molecular flexibility index (Phi) is 7.29. The van der Waals surface area contributed by atoms with Crippen molar-refractivity contribution in [3.63, 3.8) is 0 Å². The maximum Gasteiger partial charge on any atom is 0.261 e. The van der Waals surface area contributed by atoms with Crippen LogP contribution in [0.25, 0.3) is 11.1 Å². The summed E-state index contributed by atoms with van der Waals surface area (Å²) in [6.45, 7) is 3.62. The van der Waals surface area contributed by atoms with E-state index in [-0.39, 0.29) is 5.91 Å². The van der Waals surface area contributed by atoms with Gasteiger partial charge in [0.25, 0.3) is 5.91 Å². The van der Waals surface area contributed by atoms with E-state index in [1.807, 2.05) is 42.5 Å². The maximum atomic E-state index is 12.9. The highest BCUT2D eigenvalue weighted by atomic mass is 32.1. The van der Waals surface area contributed by atoms with E-state index in [1.165, 1.54) is 0 Å². The number of benzene rings is 2. The standard InChI is InChI=1S/C25H28N2O4S/c1-29-21-9-8-18(16-22(21)30-2)10-11-26-24(28)23-17-20(19-6-4-3-5-7-19)25(32-23)27-12-14-31-15-13-27/h3-9,16-17H,10-15H2,1-2H3,(H,26,28). The van der Waals surface area contributed by atoms with Crippen LogP contribution < -0.4 is 19.7 Å². The second kappa shape index (κ2) is 10.5. The zero-order chi connectivity index (χ0) is 22.3. The van der Waals surface area contributed by atoms with Crippen LogP contribution in [0.15, 0.2) is 54.6 Å². The Balaban J connectivity index is 1.47. The van der Waals surface area contributed by atoms with E-state index in [0.29, 0.717) is 37.7 Å². The van der Waals surface area contributed by atoms with Crippen molar-refractivity contribution >= 4 is 22.2 Å². The smallest absolute Gasteiger partial charge is 0.261 e. The number of carbonyl (C=O) groups excluding carboxylic acids is 1. The third-order valence-electron chi connectivity index (χ3n) is 5.47. The van der Waals surface area contributed by atoms with Gasteiger partial charge in [-0.05, 0) is 35.7 Å². The summed E-state index contributed by atoms with van der Waals surface area (Å²) >= 11 is 1.55. The monoisotopic (exact) mass is 452 g/mol. The first kappa shape index (κ1) is 22.2. The first-order valence-corrected chi connectivity index (χ1v) is 11.5. The lowest BCUT2D eigenvalue weighted by Crippen LogP contribution is -2.35. The molecule has 0 bridgehead atoms. The van der Waals surface area contributed by atoms with Crippen LogP contribution in [0.1, 0.15) is 15.2 Å². The number of anilines is 1. The molecule has 1 amide bonds. The van der Waals surface area contributed by atoms with E-state index >= 15 is 0 Å². The van der Waals surface area contributed by atoms with Crippen molar-refractivity contribution in [3.8, 4) is 22.6 Å². The molecule has 4 rings (SSSR count). The zero-order valence-electron chi connectivity index (χ0n) is 18.4. The largest absolute Gasteiger partial charge is 0.493 e. The van der Waals surface area contributed by atoms with Crippen LogP contribution in [-0.4, -0.2) is 53.0 Å². The molecule has 2 aromatic carbocycles. The fourth-order valence-electron chi connectivity index (χ4n) is 3.76. The average molecular weight is 453 g/mol. The average Bonchev–Trinajstić information content (AvgIpc) is 3.31. The van der Waals surface area contributed by atoms with Crippen LogP contribution in [-0.2, 0) is 11.2 Å². The number of nitrogens with one attached hydrogen (secondary N) is 1. The lowest BCUT2D eigenvalue weighted by atomic mass is 10.1. The Morgan fingerprint density at radius 2 is 1.78 bits per heavy atom. The summed E-state index contributed by atoms with van der Waals surface area (Å²) in [5.41, 5.74) is 3.30. The minimum absolute atomic E-state index is 0.0489. The molecule has 0 unspecified atom stereocenters. The van der Waals surface area contributed by atoms with Crippen molar-refractivity contribution in [2.45, 2.75) is 6.42 Å². The second-order valence-corrected chi connectivity index (χ2v) is 8.52. The summed E-state index contributed by atoms with van der Waals surface area (Å²) in [7, 11) is 3.24. The third kappa shape index (κ3) is 5.06. The molecule has 1 fully saturated rings. The first-order valence-electron chi connectivity index (χ1n) is 10.7. The van der Waals surface area contributed by atoms with E-state index in [1.54, 1.807) is 25.6 Å². The topological polar surface area (TPSA) is 60.0 Å². The highest BCUT2D eigenvalue weighted by Gasteiger charge is 2.21. The van der Waals surface area contributed by atoms with Crippen LogP contribution >= 0.6 is 11.3 Å². The van der Waals surface area contributed by atoms with Gasteiger partial charge in [-0.3, -0.25) is 4.79 Å². The quantitative estimate of drug-likeness (QED) is 0.554. The Labute approximate surface area is 192 Å². The van der Waals surface area contributed by atoms with Gasteiger partial charge < -0.3 is 24.4 Å². The molecule has 1 aliphatic rings. The van der Waals surface area contributed by atoms with Crippen LogP contribution in [0, 0.1) is 0 Å². The summed E-state index contributed by atoms with van der Waals surface area (Å²) in [6.07, 6.45) is 0.708. The van der Waals surface area contributed by atoms with Crippen molar-refractivity contribution < 1.29 is 19.0 Å². The molecule has 7 heteroatoms. The number of hydrogen-bond donors (Lipinski definition) is 1. The van der Waals surface area contributed by atoms with Crippen molar-refractivity contribution in [1.82, 2.24) is 5.32 Å². The van der Waals surface area contributed by atoms with Crippen molar-refractivity contribution in [1.29, 1.82) is 0 Å². The Hall–Kier alpha value is -3.03. The lowest BCUT2D eigenvalue weighted by Gasteiger charge is -2.28. The van der Waals surface area contributed by atoms with Gasteiger partial charge in [0.05, 0.1) is 37.3 Å². The summed E-state index contributed by atoms with van der Waals surface area (Å²) in [6, 6.07) is 18.1. The molecule has 168 valence electrons. The van der Waals surface area contributed by atoms with E-state index in [0.717, 1.165) is 39.7 Å². The van der Waals surface area contributed by atoms with E-state index < -0.39 is 0 Å². The van der Waals surface area contributed by atoms with Gasteiger partial charge in [-0.25, -0.2) is 0 Å². The van der Waals surface area contributed by atoms with Crippen LogP contribution in [0.2, 0.25) is 0 Å². The normalized spacial score (nSPS) is 13.6. The molecule has 0 saturated carbocycles. The van der Waals surface area contributed by atoms with Crippen molar-refractivity contribution in [3.05, 3.63) is 65.0 Å². The Morgan fingerprint density at radius 3 is 2.50 bits per heavy atom. The minimum atomic E-state index is -0.0489. The van der Waals surface area contributed by atoms with Gasteiger partial charge in [-0.1, -0.05) is 36.4 Å². The Bertz CT molecular complexity index is 1050. The molecular weight excluding hydrogens is 424 g/mol. The molecule has 1 aromatic heterocycles. The summed E-state index contributed by atoms with van der Waals surface area (Å²) in [5.74, 6) is 1.34.